The minimum Gasteiger partial charge on any atom is -0.507 e. The number of carboxylic acid groups (broad SMARTS) is 1. The van der Waals surface area contributed by atoms with E-state index in [1.165, 1.54) is 6.92 Å². The van der Waals surface area contributed by atoms with Gasteiger partial charge < -0.3 is 14.9 Å². The van der Waals surface area contributed by atoms with Crippen LogP contribution in [0, 0.1) is 5.92 Å². The van der Waals surface area contributed by atoms with Gasteiger partial charge in [-0.05, 0) is 57.1 Å². The first-order valence-electron chi connectivity index (χ1n) is 10.4. The fourth-order valence-corrected chi connectivity index (χ4v) is 4.21. The molecule has 1 aromatic rings. The SMILES string of the molecule is C=C(C)C1CCC(C)=CC1c1c(OC(C)F)cc(CCCCC)c(C(=O)O)c1O. The van der Waals surface area contributed by atoms with Crippen molar-refractivity contribution in [2.24, 2.45) is 5.92 Å². The molecule has 1 aliphatic rings. The second kappa shape index (κ2) is 9.95. The molecule has 0 saturated heterocycles. The smallest absolute Gasteiger partial charge is 0.339 e. The van der Waals surface area contributed by atoms with Gasteiger partial charge >= 0.3 is 5.97 Å². The van der Waals surface area contributed by atoms with Gasteiger partial charge in [0, 0.05) is 18.4 Å². The Bertz CT molecular complexity index is 795. The summed E-state index contributed by atoms with van der Waals surface area (Å²) in [5.41, 5.74) is 2.81. The summed E-state index contributed by atoms with van der Waals surface area (Å²) in [7, 11) is 0. The highest BCUT2D eigenvalue weighted by Gasteiger charge is 2.34. The average molecular weight is 405 g/mol. The van der Waals surface area contributed by atoms with Gasteiger partial charge in [0.25, 0.3) is 0 Å². The molecule has 4 nitrogen and oxygen atoms in total. The van der Waals surface area contributed by atoms with Crippen LogP contribution in [-0.4, -0.2) is 22.5 Å². The van der Waals surface area contributed by atoms with Gasteiger partial charge in [0.1, 0.15) is 17.1 Å². The van der Waals surface area contributed by atoms with Crippen LogP contribution in [0.1, 0.15) is 87.2 Å². The fraction of sp³-hybridized carbons (Fsp3) is 0.542. The van der Waals surface area contributed by atoms with E-state index in [1.54, 1.807) is 6.07 Å². The second-order valence-electron chi connectivity index (χ2n) is 8.12. The van der Waals surface area contributed by atoms with Crippen LogP contribution in [0.4, 0.5) is 4.39 Å². The van der Waals surface area contributed by atoms with Crippen LogP contribution < -0.4 is 4.74 Å². The Labute approximate surface area is 173 Å². The molecule has 1 aromatic carbocycles. The first-order valence-corrected chi connectivity index (χ1v) is 10.4. The van der Waals surface area contributed by atoms with E-state index in [-0.39, 0.29) is 28.9 Å². The van der Waals surface area contributed by atoms with Gasteiger partial charge in [-0.15, -0.1) is 0 Å². The topological polar surface area (TPSA) is 66.8 Å². The highest BCUT2D eigenvalue weighted by Crippen LogP contribution is 2.48. The van der Waals surface area contributed by atoms with Crippen LogP contribution >= 0.6 is 0 Å². The third-order valence-corrected chi connectivity index (χ3v) is 5.65. The molecule has 0 heterocycles. The van der Waals surface area contributed by atoms with Crippen molar-refractivity contribution in [3.8, 4) is 11.5 Å². The molecule has 2 rings (SSSR count). The minimum absolute atomic E-state index is 0.0226. The number of hydrogen-bond donors (Lipinski definition) is 2. The lowest BCUT2D eigenvalue weighted by Crippen LogP contribution is -2.20. The zero-order valence-corrected chi connectivity index (χ0v) is 17.9. The first kappa shape index (κ1) is 23.0. The van der Waals surface area contributed by atoms with E-state index in [9.17, 15) is 19.4 Å². The predicted molar refractivity (Wildman–Crippen MR) is 114 cm³/mol. The molecular weight excluding hydrogens is 371 g/mol. The molecule has 3 unspecified atom stereocenters. The number of hydrogen-bond acceptors (Lipinski definition) is 3. The van der Waals surface area contributed by atoms with Crippen molar-refractivity contribution in [2.75, 3.05) is 0 Å². The molecule has 0 aromatic heterocycles. The predicted octanol–water partition coefficient (Wildman–Crippen LogP) is 6.53. The maximum Gasteiger partial charge on any atom is 0.339 e. The summed E-state index contributed by atoms with van der Waals surface area (Å²) in [6.45, 7) is 11.4. The number of allylic oxidation sites excluding steroid dienone is 3. The Morgan fingerprint density at radius 1 is 1.41 bits per heavy atom. The largest absolute Gasteiger partial charge is 0.507 e. The number of aryl methyl sites for hydroxylation is 1. The number of rotatable bonds is 9. The van der Waals surface area contributed by atoms with Crippen LogP contribution in [0.15, 0.2) is 29.9 Å². The normalized spacial score (nSPS) is 20.1. The van der Waals surface area contributed by atoms with Crippen molar-refractivity contribution >= 4 is 5.97 Å². The lowest BCUT2D eigenvalue weighted by Gasteiger charge is -2.32. The molecule has 0 aliphatic heterocycles. The zero-order valence-electron chi connectivity index (χ0n) is 17.9. The maximum atomic E-state index is 13.8. The Morgan fingerprint density at radius 2 is 2.10 bits per heavy atom. The average Bonchev–Trinajstić information content (AvgIpc) is 2.60. The Kier molecular flexibility index (Phi) is 7.88. The van der Waals surface area contributed by atoms with Crippen molar-refractivity contribution in [3.05, 3.63) is 46.6 Å². The number of carboxylic acids is 1. The fourth-order valence-electron chi connectivity index (χ4n) is 4.21. The van der Waals surface area contributed by atoms with Crippen LogP contribution in [0.3, 0.4) is 0 Å². The van der Waals surface area contributed by atoms with E-state index in [1.807, 2.05) is 19.9 Å². The van der Waals surface area contributed by atoms with Gasteiger partial charge in [0.15, 0.2) is 0 Å². The van der Waals surface area contributed by atoms with Crippen molar-refractivity contribution in [1.29, 1.82) is 0 Å². The number of unbranched alkanes of at least 4 members (excludes halogenated alkanes) is 2. The van der Waals surface area contributed by atoms with Crippen LogP contribution in [-0.2, 0) is 6.42 Å². The molecule has 160 valence electrons. The molecule has 0 saturated carbocycles. The summed E-state index contributed by atoms with van der Waals surface area (Å²) in [5.74, 6) is -1.56. The summed E-state index contributed by atoms with van der Waals surface area (Å²) in [6, 6.07) is 1.61. The van der Waals surface area contributed by atoms with Crippen molar-refractivity contribution < 1.29 is 24.1 Å². The molecule has 2 N–H and O–H groups in total. The molecule has 0 fully saturated rings. The van der Waals surface area contributed by atoms with Crippen LogP contribution in [0.5, 0.6) is 11.5 Å². The number of carbonyl (C=O) groups is 1. The molecule has 5 heteroatoms. The third-order valence-electron chi connectivity index (χ3n) is 5.65. The number of alkyl halides is 1. The molecule has 29 heavy (non-hydrogen) atoms. The monoisotopic (exact) mass is 404 g/mol. The summed E-state index contributed by atoms with van der Waals surface area (Å²) in [4.78, 5) is 12.0. The van der Waals surface area contributed by atoms with Crippen molar-refractivity contribution in [2.45, 2.75) is 78.5 Å². The van der Waals surface area contributed by atoms with E-state index >= 15 is 0 Å². The maximum absolute atomic E-state index is 13.8. The number of halogens is 1. The van der Waals surface area contributed by atoms with Crippen molar-refractivity contribution in [3.63, 3.8) is 0 Å². The molecule has 0 bridgehead atoms. The summed E-state index contributed by atoms with van der Waals surface area (Å²) >= 11 is 0. The van der Waals surface area contributed by atoms with Gasteiger partial charge in [0.2, 0.25) is 6.36 Å². The number of benzene rings is 1. The Morgan fingerprint density at radius 3 is 2.66 bits per heavy atom. The van der Waals surface area contributed by atoms with Crippen molar-refractivity contribution in [1.82, 2.24) is 0 Å². The molecule has 0 radical (unpaired) electrons. The number of ether oxygens (including phenoxy) is 1. The first-order chi connectivity index (χ1) is 13.7. The van der Waals surface area contributed by atoms with E-state index in [2.05, 4.69) is 13.5 Å². The lowest BCUT2D eigenvalue weighted by atomic mass is 9.73. The van der Waals surface area contributed by atoms with E-state index in [4.69, 9.17) is 4.74 Å². The Balaban J connectivity index is 2.71. The molecule has 3 atom stereocenters. The quantitative estimate of drug-likeness (QED) is 0.362. The van der Waals surface area contributed by atoms with Gasteiger partial charge in [0.05, 0.1) is 0 Å². The molecule has 0 spiro atoms. The molecule has 1 aliphatic carbocycles. The molecular formula is C24H33FO4. The minimum atomic E-state index is -1.58. The Hall–Kier alpha value is -2.30. The van der Waals surface area contributed by atoms with Crippen LogP contribution in [0.2, 0.25) is 0 Å². The standard InChI is InChI=1S/C24H33FO4/c1-6-7-8-9-17-13-20(29-16(5)25)22(23(26)21(17)24(27)28)19-12-15(4)10-11-18(19)14(2)3/h12-13,16,18-19,26H,2,6-11H2,1,3-5H3,(H,27,28). The van der Waals surface area contributed by atoms with Gasteiger partial charge in [-0.3, -0.25) is 0 Å². The zero-order chi connectivity index (χ0) is 21.7. The van der Waals surface area contributed by atoms with E-state index < -0.39 is 12.3 Å². The lowest BCUT2D eigenvalue weighted by molar-refractivity contribution is 0.0691. The number of aromatic hydroxyl groups is 1. The summed E-state index contributed by atoms with van der Waals surface area (Å²) in [5, 5.41) is 20.9. The van der Waals surface area contributed by atoms with E-state index in [0.717, 1.165) is 43.3 Å². The van der Waals surface area contributed by atoms with E-state index in [0.29, 0.717) is 17.5 Å². The number of aromatic carboxylic acids is 1. The van der Waals surface area contributed by atoms with Gasteiger partial charge in [-0.1, -0.05) is 43.6 Å². The van der Waals surface area contributed by atoms with Gasteiger partial charge in [-0.2, -0.15) is 0 Å². The van der Waals surface area contributed by atoms with Crippen LogP contribution in [0.25, 0.3) is 0 Å². The van der Waals surface area contributed by atoms with Gasteiger partial charge in [-0.25, -0.2) is 9.18 Å². The third kappa shape index (κ3) is 5.40. The highest BCUT2D eigenvalue weighted by atomic mass is 19.1. The summed E-state index contributed by atoms with van der Waals surface area (Å²) in [6.07, 6.45) is 5.41. The number of phenols is 1. The summed E-state index contributed by atoms with van der Waals surface area (Å²) < 4.78 is 19.3. The highest BCUT2D eigenvalue weighted by molar-refractivity contribution is 5.94. The molecule has 0 amide bonds. The second-order valence-corrected chi connectivity index (χ2v) is 8.12.